The van der Waals surface area contributed by atoms with Gasteiger partial charge in [0.05, 0.1) is 7.11 Å². The molecule has 0 fully saturated rings. The van der Waals surface area contributed by atoms with Gasteiger partial charge >= 0.3 is 0 Å². The van der Waals surface area contributed by atoms with E-state index in [1.807, 2.05) is 24.3 Å². The molecule has 0 saturated heterocycles. The van der Waals surface area contributed by atoms with Gasteiger partial charge < -0.3 is 15.8 Å². The van der Waals surface area contributed by atoms with E-state index >= 15 is 0 Å². The Balaban J connectivity index is 1.68. The predicted octanol–water partition coefficient (Wildman–Crippen LogP) is 3.74. The molecule has 3 N–H and O–H groups in total. The van der Waals surface area contributed by atoms with E-state index in [0.29, 0.717) is 12.5 Å². The molecule has 0 aliphatic rings. The highest BCUT2D eigenvalue weighted by Crippen LogP contribution is 2.18. The van der Waals surface area contributed by atoms with E-state index in [4.69, 9.17) is 10.5 Å². The zero-order valence-electron chi connectivity index (χ0n) is 13.0. The van der Waals surface area contributed by atoms with Crippen molar-refractivity contribution in [3.63, 3.8) is 0 Å². The molecular formula is C17H20FN3OS. The van der Waals surface area contributed by atoms with Crippen molar-refractivity contribution < 1.29 is 9.13 Å². The fourth-order valence-electron chi connectivity index (χ4n) is 1.85. The molecule has 6 heteroatoms. The lowest BCUT2D eigenvalue weighted by molar-refractivity contribution is 0.415. The molecule has 0 amide bonds. The fraction of sp³-hybridized carbons (Fsp3) is 0.235. The van der Waals surface area contributed by atoms with Crippen molar-refractivity contribution in [2.45, 2.75) is 11.3 Å². The highest BCUT2D eigenvalue weighted by Gasteiger charge is 1.97. The average molecular weight is 333 g/mol. The Hall–Kier alpha value is -2.21. The second-order valence-corrected chi connectivity index (χ2v) is 5.94. The Morgan fingerprint density at radius 3 is 2.52 bits per heavy atom. The Kier molecular flexibility index (Phi) is 6.75. The highest BCUT2D eigenvalue weighted by molar-refractivity contribution is 7.99. The zero-order valence-corrected chi connectivity index (χ0v) is 13.8. The summed E-state index contributed by atoms with van der Waals surface area (Å²) in [6, 6.07) is 14.0. The number of guanidine groups is 1. The number of anilines is 1. The van der Waals surface area contributed by atoms with Crippen LogP contribution in [0.15, 0.2) is 58.4 Å². The molecule has 0 radical (unpaired) electrons. The number of nitrogens with zero attached hydrogens (tertiary/aromatic N) is 1. The largest absolute Gasteiger partial charge is 0.497 e. The van der Waals surface area contributed by atoms with Crippen molar-refractivity contribution in [1.82, 2.24) is 0 Å². The predicted molar refractivity (Wildman–Crippen MR) is 94.8 cm³/mol. The maximum atomic E-state index is 12.8. The van der Waals surface area contributed by atoms with E-state index < -0.39 is 0 Å². The van der Waals surface area contributed by atoms with Crippen LogP contribution in [0.25, 0.3) is 0 Å². The van der Waals surface area contributed by atoms with Crippen molar-refractivity contribution in [3.8, 4) is 5.75 Å². The molecule has 0 aliphatic heterocycles. The lowest BCUT2D eigenvalue weighted by Crippen LogP contribution is -2.22. The van der Waals surface area contributed by atoms with Crippen LogP contribution in [-0.2, 0) is 0 Å². The molecule has 2 rings (SSSR count). The normalized spacial score (nSPS) is 11.3. The third-order valence-electron chi connectivity index (χ3n) is 3.03. The first kappa shape index (κ1) is 17.1. The molecule has 2 aromatic carbocycles. The first-order valence-electron chi connectivity index (χ1n) is 7.27. The van der Waals surface area contributed by atoms with Crippen molar-refractivity contribution in [2.75, 3.05) is 24.7 Å². The second kappa shape index (κ2) is 9.05. The summed E-state index contributed by atoms with van der Waals surface area (Å²) >= 11 is 1.68. The van der Waals surface area contributed by atoms with Crippen LogP contribution in [-0.4, -0.2) is 25.4 Å². The monoisotopic (exact) mass is 333 g/mol. The number of hydrogen-bond donors (Lipinski definition) is 2. The maximum absolute atomic E-state index is 12.8. The standard InChI is InChI=1S/C17H20FN3OS/c1-22-15-7-5-14(6-8-15)21-17(19)20-11-2-12-23-16-9-3-13(18)4-10-16/h3-10H,2,11-12H2,1H3,(H3,19,20,21). The highest BCUT2D eigenvalue weighted by atomic mass is 32.2. The minimum absolute atomic E-state index is 0.212. The van der Waals surface area contributed by atoms with Gasteiger partial charge in [-0.3, -0.25) is 4.99 Å². The van der Waals surface area contributed by atoms with Gasteiger partial charge in [-0.05, 0) is 60.7 Å². The topological polar surface area (TPSA) is 59.6 Å². The lowest BCUT2D eigenvalue weighted by atomic mass is 10.3. The van der Waals surface area contributed by atoms with Gasteiger partial charge in [-0.1, -0.05) is 0 Å². The minimum atomic E-state index is -0.212. The first-order chi connectivity index (χ1) is 11.2. The van der Waals surface area contributed by atoms with Crippen molar-refractivity contribution in [1.29, 1.82) is 0 Å². The SMILES string of the molecule is COc1ccc(NC(N)=NCCCSc2ccc(F)cc2)cc1. The summed E-state index contributed by atoms with van der Waals surface area (Å²) in [5.74, 6) is 1.88. The summed E-state index contributed by atoms with van der Waals surface area (Å²) in [6.45, 7) is 0.642. The quantitative estimate of drug-likeness (QED) is 0.351. The van der Waals surface area contributed by atoms with Gasteiger partial charge in [0.1, 0.15) is 11.6 Å². The van der Waals surface area contributed by atoms with Gasteiger partial charge in [-0.15, -0.1) is 11.8 Å². The number of aliphatic imine (C=N–C) groups is 1. The van der Waals surface area contributed by atoms with Gasteiger partial charge in [0.2, 0.25) is 0 Å². The summed E-state index contributed by atoms with van der Waals surface area (Å²) in [6.07, 6.45) is 0.896. The lowest BCUT2D eigenvalue weighted by Gasteiger charge is -2.06. The molecule has 23 heavy (non-hydrogen) atoms. The molecule has 122 valence electrons. The Morgan fingerprint density at radius 1 is 1.17 bits per heavy atom. The summed E-state index contributed by atoms with van der Waals surface area (Å²) in [5, 5.41) is 3.03. The number of benzene rings is 2. The van der Waals surface area contributed by atoms with Gasteiger partial charge in [0.25, 0.3) is 0 Å². The van der Waals surface area contributed by atoms with Gasteiger partial charge in [0, 0.05) is 17.1 Å². The van der Waals surface area contributed by atoms with Crippen molar-refractivity contribution in [2.24, 2.45) is 10.7 Å². The van der Waals surface area contributed by atoms with Gasteiger partial charge in [-0.2, -0.15) is 0 Å². The third kappa shape index (κ3) is 6.20. The third-order valence-corrected chi connectivity index (χ3v) is 4.13. The number of nitrogens with two attached hydrogens (primary N) is 1. The molecule has 0 heterocycles. The van der Waals surface area contributed by atoms with Crippen LogP contribution in [0, 0.1) is 5.82 Å². The number of halogens is 1. The molecule has 0 saturated carbocycles. The molecule has 4 nitrogen and oxygen atoms in total. The second-order valence-electron chi connectivity index (χ2n) is 4.78. The molecule has 0 atom stereocenters. The number of hydrogen-bond acceptors (Lipinski definition) is 3. The number of rotatable bonds is 7. The summed E-state index contributed by atoms with van der Waals surface area (Å²) in [5.41, 5.74) is 6.71. The van der Waals surface area contributed by atoms with Crippen molar-refractivity contribution in [3.05, 3.63) is 54.3 Å². The van der Waals surface area contributed by atoms with Crippen LogP contribution in [0.4, 0.5) is 10.1 Å². The van der Waals surface area contributed by atoms with E-state index in [1.54, 1.807) is 31.0 Å². The summed E-state index contributed by atoms with van der Waals surface area (Å²) in [4.78, 5) is 5.34. The zero-order chi connectivity index (χ0) is 16.5. The first-order valence-corrected chi connectivity index (χ1v) is 8.25. The Labute approximate surface area is 140 Å². The van der Waals surface area contributed by atoms with Gasteiger partial charge in [-0.25, -0.2) is 4.39 Å². The van der Waals surface area contributed by atoms with Crippen LogP contribution in [0.1, 0.15) is 6.42 Å². The smallest absolute Gasteiger partial charge is 0.193 e. The fourth-order valence-corrected chi connectivity index (χ4v) is 2.68. The Bertz CT molecular complexity index is 629. The molecule has 0 spiro atoms. The van der Waals surface area contributed by atoms with E-state index in [2.05, 4.69) is 10.3 Å². The van der Waals surface area contributed by atoms with E-state index in [0.717, 1.165) is 28.5 Å². The van der Waals surface area contributed by atoms with Crippen LogP contribution in [0.5, 0.6) is 5.75 Å². The van der Waals surface area contributed by atoms with Crippen LogP contribution in [0.2, 0.25) is 0 Å². The molecule has 0 bridgehead atoms. The number of methoxy groups -OCH3 is 1. The minimum Gasteiger partial charge on any atom is -0.497 e. The van der Waals surface area contributed by atoms with Crippen LogP contribution in [0.3, 0.4) is 0 Å². The number of thioether (sulfide) groups is 1. The van der Waals surface area contributed by atoms with Gasteiger partial charge in [0.15, 0.2) is 5.96 Å². The molecule has 2 aromatic rings. The molecule has 0 unspecified atom stereocenters. The average Bonchev–Trinajstić information content (AvgIpc) is 2.57. The van der Waals surface area contributed by atoms with E-state index in [-0.39, 0.29) is 5.82 Å². The summed E-state index contributed by atoms with van der Waals surface area (Å²) in [7, 11) is 1.63. The molecular weight excluding hydrogens is 313 g/mol. The number of ether oxygens (including phenoxy) is 1. The van der Waals surface area contributed by atoms with Crippen LogP contribution >= 0.6 is 11.8 Å². The number of nitrogens with one attached hydrogen (secondary N) is 1. The Morgan fingerprint density at radius 2 is 1.87 bits per heavy atom. The molecule has 0 aromatic heterocycles. The van der Waals surface area contributed by atoms with Crippen LogP contribution < -0.4 is 15.8 Å². The molecule has 0 aliphatic carbocycles. The van der Waals surface area contributed by atoms with E-state index in [9.17, 15) is 4.39 Å². The van der Waals surface area contributed by atoms with E-state index in [1.165, 1.54) is 12.1 Å². The maximum Gasteiger partial charge on any atom is 0.193 e. The summed E-state index contributed by atoms with van der Waals surface area (Å²) < 4.78 is 17.9. The van der Waals surface area contributed by atoms with Crippen molar-refractivity contribution >= 4 is 23.4 Å².